The number of amides is 2. The molecular formula is C15H18N2O4. The Balaban J connectivity index is 2.03. The van der Waals surface area contributed by atoms with E-state index >= 15 is 0 Å². The number of hydroxylamine groups is 2. The van der Waals surface area contributed by atoms with E-state index in [4.69, 9.17) is 5.73 Å². The molecule has 1 fully saturated rings. The van der Waals surface area contributed by atoms with Crippen molar-refractivity contribution in [3.05, 3.63) is 34.4 Å². The van der Waals surface area contributed by atoms with E-state index in [0.717, 1.165) is 24.0 Å². The molecule has 6 heteroatoms. The molecule has 1 spiro atoms. The first-order valence-corrected chi connectivity index (χ1v) is 6.88. The Hall–Kier alpha value is -1.92. The van der Waals surface area contributed by atoms with Gasteiger partial charge in [-0.05, 0) is 37.8 Å². The van der Waals surface area contributed by atoms with Gasteiger partial charge in [0.05, 0.1) is 6.54 Å². The SMILES string of the molecule is CC1=C2C(CN(O)C(N)=O)=CC=C2C(=O)[C@](C)(O)C12CC2. The number of hydrogen-bond acceptors (Lipinski definition) is 4. The van der Waals surface area contributed by atoms with E-state index < -0.39 is 17.0 Å². The number of ketones is 1. The van der Waals surface area contributed by atoms with Gasteiger partial charge < -0.3 is 10.8 Å². The number of hydrogen-bond donors (Lipinski definition) is 3. The molecule has 0 aromatic heterocycles. The molecule has 3 aliphatic carbocycles. The Morgan fingerprint density at radius 3 is 2.57 bits per heavy atom. The van der Waals surface area contributed by atoms with Gasteiger partial charge in [-0.25, -0.2) is 9.86 Å². The molecule has 3 rings (SSSR count). The van der Waals surface area contributed by atoms with Crippen LogP contribution < -0.4 is 5.73 Å². The van der Waals surface area contributed by atoms with Crippen molar-refractivity contribution in [2.75, 3.05) is 6.54 Å². The number of carbonyl (C=O) groups excluding carboxylic acids is 2. The molecule has 0 aromatic rings. The summed E-state index contributed by atoms with van der Waals surface area (Å²) < 4.78 is 0. The number of rotatable bonds is 2. The Labute approximate surface area is 122 Å². The third-order valence-corrected chi connectivity index (χ3v) is 5.08. The number of nitrogens with two attached hydrogens (primary N) is 1. The molecule has 3 aliphatic rings. The van der Waals surface area contributed by atoms with Crippen molar-refractivity contribution in [2.24, 2.45) is 11.1 Å². The lowest BCUT2D eigenvalue weighted by atomic mass is 9.67. The third-order valence-electron chi connectivity index (χ3n) is 5.08. The normalized spacial score (nSPS) is 29.2. The standard InChI is InChI=1S/C15H18N2O4/c1-8-11-9(7-17(21)13(16)19)3-4-10(11)12(18)14(2,20)15(8)5-6-15/h3-4,20-21H,5-7H2,1-2H3,(H2,16,19)/t14-/m0/s1. The summed E-state index contributed by atoms with van der Waals surface area (Å²) in [6.07, 6.45) is 4.85. The molecule has 0 heterocycles. The average Bonchev–Trinajstić information content (AvgIpc) is 3.13. The summed E-state index contributed by atoms with van der Waals surface area (Å²) in [4.78, 5) is 23.5. The third kappa shape index (κ3) is 1.66. The van der Waals surface area contributed by atoms with E-state index in [0.29, 0.717) is 16.2 Å². The predicted octanol–water partition coefficient (Wildman–Crippen LogP) is 1.05. The van der Waals surface area contributed by atoms with Gasteiger partial charge in [0.25, 0.3) is 0 Å². The van der Waals surface area contributed by atoms with Crippen molar-refractivity contribution >= 4 is 11.8 Å². The second kappa shape index (κ2) is 4.05. The summed E-state index contributed by atoms with van der Waals surface area (Å²) in [7, 11) is 0. The fourth-order valence-corrected chi connectivity index (χ4v) is 3.60. The quantitative estimate of drug-likeness (QED) is 0.522. The van der Waals surface area contributed by atoms with Crippen LogP contribution in [0.1, 0.15) is 26.7 Å². The number of primary amides is 1. The van der Waals surface area contributed by atoms with Crippen molar-refractivity contribution in [1.82, 2.24) is 5.06 Å². The number of urea groups is 1. The van der Waals surface area contributed by atoms with E-state index in [1.54, 1.807) is 19.1 Å². The minimum atomic E-state index is -1.39. The van der Waals surface area contributed by atoms with Gasteiger partial charge in [0.15, 0.2) is 5.78 Å². The molecule has 2 amide bonds. The molecule has 1 atom stereocenters. The average molecular weight is 290 g/mol. The molecule has 112 valence electrons. The number of allylic oxidation sites excluding steroid dienone is 2. The minimum absolute atomic E-state index is 0.0759. The predicted molar refractivity (Wildman–Crippen MR) is 74.2 cm³/mol. The largest absolute Gasteiger partial charge is 0.381 e. The van der Waals surface area contributed by atoms with Crippen LogP contribution in [0.5, 0.6) is 0 Å². The number of carbonyl (C=O) groups is 2. The molecule has 1 saturated carbocycles. The molecule has 0 radical (unpaired) electrons. The van der Waals surface area contributed by atoms with Crippen molar-refractivity contribution in [1.29, 1.82) is 0 Å². The lowest BCUT2D eigenvalue weighted by Gasteiger charge is -2.39. The zero-order chi connectivity index (χ0) is 15.6. The first-order chi connectivity index (χ1) is 9.72. The van der Waals surface area contributed by atoms with Crippen molar-refractivity contribution in [3.8, 4) is 0 Å². The molecule has 0 bridgehead atoms. The number of Topliss-reactive ketones (excluding diaryl/α,β-unsaturated/α-hetero) is 1. The topological polar surface area (TPSA) is 104 Å². The van der Waals surface area contributed by atoms with Crippen LogP contribution in [0.3, 0.4) is 0 Å². The highest BCUT2D eigenvalue weighted by Crippen LogP contribution is 2.64. The summed E-state index contributed by atoms with van der Waals surface area (Å²) in [5.41, 5.74) is 5.92. The van der Waals surface area contributed by atoms with Crippen molar-refractivity contribution in [2.45, 2.75) is 32.3 Å². The van der Waals surface area contributed by atoms with Crippen LogP contribution >= 0.6 is 0 Å². The zero-order valence-corrected chi connectivity index (χ0v) is 12.0. The molecule has 0 unspecified atom stereocenters. The van der Waals surface area contributed by atoms with Crippen LogP contribution in [0.15, 0.2) is 34.4 Å². The van der Waals surface area contributed by atoms with Crippen LogP contribution in [-0.4, -0.2) is 39.3 Å². The van der Waals surface area contributed by atoms with Gasteiger partial charge in [0.1, 0.15) is 5.60 Å². The molecule has 4 N–H and O–H groups in total. The first kappa shape index (κ1) is 14.0. The van der Waals surface area contributed by atoms with Gasteiger partial charge in [-0.2, -0.15) is 0 Å². The first-order valence-electron chi connectivity index (χ1n) is 6.88. The van der Waals surface area contributed by atoms with Crippen molar-refractivity contribution in [3.63, 3.8) is 0 Å². The highest BCUT2D eigenvalue weighted by Gasteiger charge is 2.64. The summed E-state index contributed by atoms with van der Waals surface area (Å²) >= 11 is 0. The maximum atomic E-state index is 12.5. The summed E-state index contributed by atoms with van der Waals surface area (Å²) in [6.45, 7) is 3.40. The fourth-order valence-electron chi connectivity index (χ4n) is 3.60. The molecule has 21 heavy (non-hydrogen) atoms. The van der Waals surface area contributed by atoms with E-state index in [1.165, 1.54) is 0 Å². The lowest BCUT2D eigenvalue weighted by Crippen LogP contribution is -2.49. The second-order valence-corrected chi connectivity index (χ2v) is 6.15. The summed E-state index contributed by atoms with van der Waals surface area (Å²) in [5.74, 6) is -0.296. The molecule has 0 aliphatic heterocycles. The van der Waals surface area contributed by atoms with E-state index in [2.05, 4.69) is 0 Å². The maximum Gasteiger partial charge on any atom is 0.338 e. The van der Waals surface area contributed by atoms with Crippen LogP contribution in [0.2, 0.25) is 0 Å². The van der Waals surface area contributed by atoms with Gasteiger partial charge in [0, 0.05) is 11.0 Å². The van der Waals surface area contributed by atoms with Gasteiger partial charge in [-0.15, -0.1) is 0 Å². The van der Waals surface area contributed by atoms with E-state index in [1.807, 2.05) is 6.92 Å². The van der Waals surface area contributed by atoms with Gasteiger partial charge in [0.2, 0.25) is 0 Å². The van der Waals surface area contributed by atoms with Crippen LogP contribution in [-0.2, 0) is 4.79 Å². The Morgan fingerprint density at radius 2 is 2.05 bits per heavy atom. The number of aliphatic hydroxyl groups is 1. The number of nitrogens with zero attached hydrogens (tertiary/aromatic N) is 1. The molecular weight excluding hydrogens is 272 g/mol. The Morgan fingerprint density at radius 1 is 1.43 bits per heavy atom. The van der Waals surface area contributed by atoms with E-state index in [-0.39, 0.29) is 12.3 Å². The summed E-state index contributed by atoms with van der Waals surface area (Å²) in [5, 5.41) is 20.6. The molecule has 0 aromatic carbocycles. The Bertz CT molecular complexity index is 651. The second-order valence-electron chi connectivity index (χ2n) is 6.15. The fraction of sp³-hybridized carbons (Fsp3) is 0.467. The van der Waals surface area contributed by atoms with Gasteiger partial charge in [-0.1, -0.05) is 17.7 Å². The molecule has 6 nitrogen and oxygen atoms in total. The monoisotopic (exact) mass is 290 g/mol. The smallest absolute Gasteiger partial charge is 0.338 e. The Kier molecular flexibility index (Phi) is 2.71. The van der Waals surface area contributed by atoms with Crippen LogP contribution in [0.25, 0.3) is 0 Å². The maximum absolute atomic E-state index is 12.5. The van der Waals surface area contributed by atoms with Gasteiger partial charge in [-0.3, -0.25) is 10.0 Å². The lowest BCUT2D eigenvalue weighted by molar-refractivity contribution is -0.137. The highest BCUT2D eigenvalue weighted by atomic mass is 16.5. The summed E-state index contributed by atoms with van der Waals surface area (Å²) in [6, 6.07) is -0.946. The van der Waals surface area contributed by atoms with Crippen LogP contribution in [0, 0.1) is 5.41 Å². The van der Waals surface area contributed by atoms with Gasteiger partial charge >= 0.3 is 6.03 Å². The number of fused-ring (bicyclic) bond motifs is 1. The highest BCUT2D eigenvalue weighted by molar-refractivity contribution is 6.10. The zero-order valence-electron chi connectivity index (χ0n) is 12.0. The van der Waals surface area contributed by atoms with E-state index in [9.17, 15) is 19.9 Å². The van der Waals surface area contributed by atoms with Crippen molar-refractivity contribution < 1.29 is 19.9 Å². The molecule has 0 saturated heterocycles. The minimum Gasteiger partial charge on any atom is -0.381 e. The van der Waals surface area contributed by atoms with Crippen LogP contribution in [0.4, 0.5) is 4.79 Å².